The van der Waals surface area contributed by atoms with Gasteiger partial charge in [-0.3, -0.25) is 0 Å². The first kappa shape index (κ1) is 20.0. The minimum absolute atomic E-state index is 0.000835. The molecule has 1 atom stereocenters. The van der Waals surface area contributed by atoms with Gasteiger partial charge in [0.1, 0.15) is 5.75 Å². The second-order valence-electron chi connectivity index (χ2n) is 8.34. The van der Waals surface area contributed by atoms with Crippen molar-refractivity contribution in [3.05, 3.63) is 95.1 Å². The quantitative estimate of drug-likeness (QED) is 0.466. The van der Waals surface area contributed by atoms with E-state index in [4.69, 9.17) is 9.79 Å². The highest BCUT2D eigenvalue weighted by Crippen LogP contribution is 2.62. The SMILES string of the molecule is CC(C)(C)c1ccc2c(c1)C=C(c1ccc(C#N)cc1)P(=O)(Oc1ccccc1)N2. The number of hydrogen-bond donors (Lipinski definition) is 1. The van der Waals surface area contributed by atoms with Crippen molar-refractivity contribution in [1.82, 2.24) is 0 Å². The maximum Gasteiger partial charge on any atom is 0.372 e. The number of para-hydroxylation sites is 1. The lowest BCUT2D eigenvalue weighted by atomic mass is 9.86. The van der Waals surface area contributed by atoms with Crippen LogP contribution in [0.2, 0.25) is 0 Å². The summed E-state index contributed by atoms with van der Waals surface area (Å²) in [5, 5.41) is 12.9. The Kier molecular flexibility index (Phi) is 5.02. The molecule has 0 fully saturated rings. The van der Waals surface area contributed by atoms with Crippen molar-refractivity contribution >= 4 is 24.6 Å². The van der Waals surface area contributed by atoms with Crippen LogP contribution >= 0.6 is 7.52 Å². The van der Waals surface area contributed by atoms with Crippen molar-refractivity contribution in [2.24, 2.45) is 0 Å². The maximum absolute atomic E-state index is 14.1. The van der Waals surface area contributed by atoms with E-state index in [1.54, 1.807) is 24.3 Å². The summed E-state index contributed by atoms with van der Waals surface area (Å²) in [7, 11) is -3.45. The molecule has 0 saturated heterocycles. The average Bonchev–Trinajstić information content (AvgIpc) is 2.73. The molecular formula is C25H23N2O2P. The van der Waals surface area contributed by atoms with Crippen molar-refractivity contribution in [3.63, 3.8) is 0 Å². The van der Waals surface area contributed by atoms with Crippen LogP contribution in [0.5, 0.6) is 5.75 Å². The molecule has 0 aliphatic carbocycles. The zero-order chi connectivity index (χ0) is 21.4. The van der Waals surface area contributed by atoms with Crippen molar-refractivity contribution < 1.29 is 9.09 Å². The first-order chi connectivity index (χ1) is 14.3. The summed E-state index contributed by atoms with van der Waals surface area (Å²) in [6.45, 7) is 6.50. The third-order valence-electron chi connectivity index (χ3n) is 5.08. The van der Waals surface area contributed by atoms with Crippen LogP contribution in [0.1, 0.15) is 43.0 Å². The summed E-state index contributed by atoms with van der Waals surface area (Å²) in [5.74, 6) is 0.530. The van der Waals surface area contributed by atoms with Gasteiger partial charge < -0.3 is 9.61 Å². The second kappa shape index (κ2) is 7.52. The van der Waals surface area contributed by atoms with Crippen molar-refractivity contribution in [3.8, 4) is 11.8 Å². The Hall–Kier alpha value is -3.28. The van der Waals surface area contributed by atoms with Crippen LogP contribution in [-0.2, 0) is 9.98 Å². The zero-order valence-corrected chi connectivity index (χ0v) is 18.1. The van der Waals surface area contributed by atoms with E-state index in [2.05, 4.69) is 44.1 Å². The number of nitrogens with one attached hydrogen (secondary N) is 1. The highest BCUT2D eigenvalue weighted by molar-refractivity contribution is 7.72. The van der Waals surface area contributed by atoms with Gasteiger partial charge in [-0.2, -0.15) is 5.26 Å². The number of hydrogen-bond acceptors (Lipinski definition) is 3. The Morgan fingerprint density at radius 2 is 1.67 bits per heavy atom. The molecule has 4 nitrogen and oxygen atoms in total. The lowest BCUT2D eigenvalue weighted by molar-refractivity contribution is 0.498. The van der Waals surface area contributed by atoms with E-state index in [0.717, 1.165) is 16.8 Å². The molecule has 1 N–H and O–H groups in total. The van der Waals surface area contributed by atoms with Gasteiger partial charge in [-0.05, 0) is 64.6 Å². The van der Waals surface area contributed by atoms with E-state index < -0.39 is 7.52 Å². The summed E-state index contributed by atoms with van der Waals surface area (Å²) >= 11 is 0. The van der Waals surface area contributed by atoms with E-state index in [9.17, 15) is 4.57 Å². The van der Waals surface area contributed by atoms with E-state index in [1.165, 1.54) is 5.56 Å². The first-order valence-corrected chi connectivity index (χ1v) is 11.4. The van der Waals surface area contributed by atoms with Gasteiger partial charge in [0.2, 0.25) is 0 Å². The summed E-state index contributed by atoms with van der Waals surface area (Å²) < 4.78 is 20.1. The van der Waals surface area contributed by atoms with Gasteiger partial charge in [0, 0.05) is 5.69 Å². The molecule has 150 valence electrons. The van der Waals surface area contributed by atoms with Crippen LogP contribution in [0.3, 0.4) is 0 Å². The van der Waals surface area contributed by atoms with Crippen LogP contribution in [-0.4, -0.2) is 0 Å². The molecule has 3 aromatic carbocycles. The summed E-state index contributed by atoms with van der Waals surface area (Å²) in [4.78, 5) is 0. The number of anilines is 1. The van der Waals surface area contributed by atoms with Gasteiger partial charge in [-0.25, -0.2) is 4.57 Å². The smallest absolute Gasteiger partial charge is 0.372 e. The second-order valence-corrected chi connectivity index (χ2v) is 10.3. The highest BCUT2D eigenvalue weighted by Gasteiger charge is 2.36. The minimum Gasteiger partial charge on any atom is -0.426 e. The number of benzene rings is 3. The third-order valence-corrected chi connectivity index (χ3v) is 7.11. The van der Waals surface area contributed by atoms with E-state index in [-0.39, 0.29) is 5.41 Å². The van der Waals surface area contributed by atoms with Crippen LogP contribution in [0.15, 0.2) is 72.8 Å². The zero-order valence-electron chi connectivity index (χ0n) is 17.2. The van der Waals surface area contributed by atoms with Crippen molar-refractivity contribution in [2.75, 3.05) is 5.09 Å². The fraction of sp³-hybridized carbons (Fsp3) is 0.160. The number of fused-ring (bicyclic) bond motifs is 1. The number of nitriles is 1. The molecule has 4 rings (SSSR count). The fourth-order valence-electron chi connectivity index (χ4n) is 3.37. The number of rotatable bonds is 3. The molecule has 0 saturated carbocycles. The lowest BCUT2D eigenvalue weighted by Crippen LogP contribution is -2.14. The Labute approximate surface area is 177 Å². The summed E-state index contributed by atoms with van der Waals surface area (Å²) in [5.41, 5.74) is 4.24. The lowest BCUT2D eigenvalue weighted by Gasteiger charge is -2.30. The van der Waals surface area contributed by atoms with Gasteiger partial charge in [-0.15, -0.1) is 0 Å². The molecule has 0 bridgehead atoms. The molecule has 1 aliphatic rings. The number of nitrogens with zero attached hydrogens (tertiary/aromatic N) is 1. The molecule has 0 aromatic heterocycles. The third kappa shape index (κ3) is 3.90. The molecule has 1 unspecified atom stereocenters. The van der Waals surface area contributed by atoms with E-state index in [1.807, 2.05) is 42.5 Å². The molecule has 1 aliphatic heterocycles. The van der Waals surface area contributed by atoms with E-state index >= 15 is 0 Å². The summed E-state index contributed by atoms with van der Waals surface area (Å²) in [6.07, 6.45) is 1.94. The molecule has 0 amide bonds. The van der Waals surface area contributed by atoms with Crippen LogP contribution in [0.25, 0.3) is 11.4 Å². The topological polar surface area (TPSA) is 62.1 Å². The molecule has 30 heavy (non-hydrogen) atoms. The average molecular weight is 414 g/mol. The molecule has 1 heterocycles. The van der Waals surface area contributed by atoms with Crippen molar-refractivity contribution in [1.29, 1.82) is 5.26 Å². The van der Waals surface area contributed by atoms with Gasteiger partial charge in [0.15, 0.2) is 0 Å². The normalized spacial score (nSPS) is 17.9. The van der Waals surface area contributed by atoms with Crippen LogP contribution in [0, 0.1) is 11.3 Å². The summed E-state index contributed by atoms with van der Waals surface area (Å²) in [6, 6.07) is 24.5. The maximum atomic E-state index is 14.1. The van der Waals surface area contributed by atoms with Crippen molar-refractivity contribution in [2.45, 2.75) is 26.2 Å². The van der Waals surface area contributed by atoms with Crippen LogP contribution in [0.4, 0.5) is 5.69 Å². The monoisotopic (exact) mass is 414 g/mol. The standard InChI is InChI=1S/C25H23N2O2P/c1-25(2,3)21-13-14-23-20(15-21)16-24(19-11-9-18(17-26)10-12-19)30(28,27-23)29-22-7-5-4-6-8-22/h4-16H,1-3H3,(H,27,28). The Morgan fingerprint density at radius 1 is 0.967 bits per heavy atom. The largest absolute Gasteiger partial charge is 0.426 e. The molecule has 5 heteroatoms. The van der Waals surface area contributed by atoms with Gasteiger partial charge in [0.25, 0.3) is 0 Å². The minimum atomic E-state index is -3.45. The van der Waals surface area contributed by atoms with Gasteiger partial charge >= 0.3 is 7.52 Å². The molecule has 3 aromatic rings. The predicted octanol–water partition coefficient (Wildman–Crippen LogP) is 7.05. The Balaban J connectivity index is 1.85. The van der Waals surface area contributed by atoms with Crippen LogP contribution < -0.4 is 9.61 Å². The predicted molar refractivity (Wildman–Crippen MR) is 122 cm³/mol. The molecule has 0 radical (unpaired) electrons. The Bertz CT molecular complexity index is 1200. The fourth-order valence-corrected chi connectivity index (χ4v) is 5.37. The van der Waals surface area contributed by atoms with Gasteiger partial charge in [0.05, 0.1) is 16.9 Å². The highest BCUT2D eigenvalue weighted by atomic mass is 31.2. The van der Waals surface area contributed by atoms with Gasteiger partial charge in [-0.1, -0.05) is 57.2 Å². The Morgan fingerprint density at radius 3 is 2.30 bits per heavy atom. The molecule has 0 spiro atoms. The molecular weight excluding hydrogens is 391 g/mol. The van der Waals surface area contributed by atoms with E-state index in [0.29, 0.717) is 16.6 Å². The first-order valence-electron chi connectivity index (χ1n) is 9.79.